The normalized spacial score (nSPS) is 16.1. The van der Waals surface area contributed by atoms with Crippen molar-refractivity contribution in [2.24, 2.45) is 0 Å². The van der Waals surface area contributed by atoms with Crippen molar-refractivity contribution < 1.29 is 14.3 Å². The molecule has 25 heavy (non-hydrogen) atoms. The van der Waals surface area contributed by atoms with E-state index in [-0.39, 0.29) is 5.91 Å². The van der Waals surface area contributed by atoms with Gasteiger partial charge in [-0.3, -0.25) is 4.79 Å². The zero-order valence-corrected chi connectivity index (χ0v) is 14.9. The fourth-order valence-electron chi connectivity index (χ4n) is 3.70. The first-order chi connectivity index (χ1) is 12.2. The number of benzene rings is 2. The molecule has 3 rings (SSSR count). The van der Waals surface area contributed by atoms with Gasteiger partial charge in [-0.2, -0.15) is 0 Å². The molecule has 4 heteroatoms. The summed E-state index contributed by atoms with van der Waals surface area (Å²) >= 11 is 0. The summed E-state index contributed by atoms with van der Waals surface area (Å²) in [5, 5.41) is 3.10. The standard InChI is InChI=1S/C21H25NO3/c1-24-17-11-12-18(19(15-17)25-2)22-20(23)21(13-7-4-8-14-21)16-9-5-3-6-10-16/h3,5-6,9-12,15H,4,7-8,13-14H2,1-2H3,(H,22,23). The van der Waals surface area contributed by atoms with Crippen LogP contribution in [-0.2, 0) is 10.2 Å². The van der Waals surface area contributed by atoms with E-state index in [1.54, 1.807) is 20.3 Å². The number of methoxy groups -OCH3 is 2. The largest absolute Gasteiger partial charge is 0.497 e. The molecule has 1 N–H and O–H groups in total. The van der Waals surface area contributed by atoms with Crippen LogP contribution >= 0.6 is 0 Å². The number of amides is 1. The van der Waals surface area contributed by atoms with E-state index in [4.69, 9.17) is 9.47 Å². The number of ether oxygens (including phenoxy) is 2. The van der Waals surface area contributed by atoms with Crippen molar-refractivity contribution >= 4 is 11.6 Å². The molecule has 4 nitrogen and oxygen atoms in total. The summed E-state index contributed by atoms with van der Waals surface area (Å²) < 4.78 is 10.6. The second kappa shape index (κ2) is 7.60. The minimum atomic E-state index is -0.468. The van der Waals surface area contributed by atoms with Crippen molar-refractivity contribution in [3.63, 3.8) is 0 Å². The summed E-state index contributed by atoms with van der Waals surface area (Å²) in [4.78, 5) is 13.3. The predicted molar refractivity (Wildman–Crippen MR) is 99.4 cm³/mol. The number of anilines is 1. The Balaban J connectivity index is 1.92. The van der Waals surface area contributed by atoms with Crippen molar-refractivity contribution in [3.05, 3.63) is 54.1 Å². The Hall–Kier alpha value is -2.49. The Morgan fingerprint density at radius 2 is 1.68 bits per heavy atom. The molecule has 2 aromatic carbocycles. The van der Waals surface area contributed by atoms with E-state index < -0.39 is 5.41 Å². The van der Waals surface area contributed by atoms with Crippen molar-refractivity contribution in [1.29, 1.82) is 0 Å². The van der Waals surface area contributed by atoms with E-state index in [0.717, 1.165) is 31.2 Å². The van der Waals surface area contributed by atoms with Crippen LogP contribution in [0.25, 0.3) is 0 Å². The quantitative estimate of drug-likeness (QED) is 0.870. The second-order valence-electron chi connectivity index (χ2n) is 6.53. The van der Waals surface area contributed by atoms with Crippen molar-refractivity contribution in [3.8, 4) is 11.5 Å². The number of hydrogen-bond acceptors (Lipinski definition) is 3. The lowest BCUT2D eigenvalue weighted by molar-refractivity contribution is -0.122. The summed E-state index contributed by atoms with van der Waals surface area (Å²) in [5.74, 6) is 1.35. The smallest absolute Gasteiger partial charge is 0.235 e. The van der Waals surface area contributed by atoms with Gasteiger partial charge in [0.05, 0.1) is 25.3 Å². The monoisotopic (exact) mass is 339 g/mol. The van der Waals surface area contributed by atoms with Gasteiger partial charge in [-0.15, -0.1) is 0 Å². The Labute approximate surface area is 149 Å². The average molecular weight is 339 g/mol. The van der Waals surface area contributed by atoms with Crippen LogP contribution in [0.5, 0.6) is 11.5 Å². The van der Waals surface area contributed by atoms with Gasteiger partial charge in [-0.25, -0.2) is 0 Å². The first kappa shape index (κ1) is 17.3. The fraction of sp³-hybridized carbons (Fsp3) is 0.381. The van der Waals surface area contributed by atoms with Gasteiger partial charge in [0.15, 0.2) is 0 Å². The van der Waals surface area contributed by atoms with Gasteiger partial charge in [0, 0.05) is 6.07 Å². The van der Waals surface area contributed by atoms with Gasteiger partial charge in [0.1, 0.15) is 11.5 Å². The van der Waals surface area contributed by atoms with E-state index in [1.807, 2.05) is 30.3 Å². The van der Waals surface area contributed by atoms with Crippen molar-refractivity contribution in [2.75, 3.05) is 19.5 Å². The minimum Gasteiger partial charge on any atom is -0.497 e. The van der Waals surface area contributed by atoms with Gasteiger partial charge in [0.2, 0.25) is 5.91 Å². The molecule has 1 aliphatic carbocycles. The lowest BCUT2D eigenvalue weighted by Crippen LogP contribution is -2.42. The van der Waals surface area contributed by atoms with Crippen LogP contribution in [0.1, 0.15) is 37.7 Å². The van der Waals surface area contributed by atoms with Gasteiger partial charge in [0.25, 0.3) is 0 Å². The molecule has 0 heterocycles. The van der Waals surface area contributed by atoms with E-state index in [2.05, 4.69) is 17.4 Å². The summed E-state index contributed by atoms with van der Waals surface area (Å²) in [6, 6.07) is 15.6. The van der Waals surface area contributed by atoms with Crippen molar-refractivity contribution in [2.45, 2.75) is 37.5 Å². The van der Waals surface area contributed by atoms with E-state index in [1.165, 1.54) is 6.42 Å². The summed E-state index contributed by atoms with van der Waals surface area (Å²) in [6.07, 6.45) is 5.08. The van der Waals surface area contributed by atoms with Crippen LogP contribution in [0.2, 0.25) is 0 Å². The lowest BCUT2D eigenvalue weighted by atomic mass is 9.68. The zero-order chi connectivity index (χ0) is 17.7. The van der Waals surface area contributed by atoms with Crippen LogP contribution < -0.4 is 14.8 Å². The Kier molecular flexibility index (Phi) is 5.27. The molecule has 1 saturated carbocycles. The highest BCUT2D eigenvalue weighted by Crippen LogP contribution is 2.41. The highest BCUT2D eigenvalue weighted by molar-refractivity contribution is 6.00. The number of rotatable bonds is 5. The van der Waals surface area contributed by atoms with Crippen LogP contribution in [0, 0.1) is 0 Å². The second-order valence-corrected chi connectivity index (χ2v) is 6.53. The van der Waals surface area contributed by atoms with Gasteiger partial charge in [-0.05, 0) is 30.5 Å². The third-order valence-electron chi connectivity index (χ3n) is 5.13. The van der Waals surface area contributed by atoms with Crippen LogP contribution in [0.15, 0.2) is 48.5 Å². The summed E-state index contributed by atoms with van der Waals surface area (Å²) in [7, 11) is 3.21. The lowest BCUT2D eigenvalue weighted by Gasteiger charge is -2.36. The first-order valence-corrected chi connectivity index (χ1v) is 8.78. The molecule has 1 aliphatic rings. The molecule has 1 fully saturated rings. The zero-order valence-electron chi connectivity index (χ0n) is 14.9. The third-order valence-corrected chi connectivity index (χ3v) is 5.13. The molecule has 0 aromatic heterocycles. The average Bonchev–Trinajstić information content (AvgIpc) is 2.69. The predicted octanol–water partition coefficient (Wildman–Crippen LogP) is 4.54. The molecule has 0 spiro atoms. The maximum Gasteiger partial charge on any atom is 0.235 e. The third kappa shape index (κ3) is 3.48. The maximum absolute atomic E-state index is 13.3. The number of carbonyl (C=O) groups is 1. The topological polar surface area (TPSA) is 47.6 Å². The first-order valence-electron chi connectivity index (χ1n) is 8.78. The number of nitrogens with one attached hydrogen (secondary N) is 1. The Morgan fingerprint density at radius 3 is 2.32 bits per heavy atom. The molecule has 132 valence electrons. The SMILES string of the molecule is COc1ccc(NC(=O)C2(c3ccccc3)CCCCC2)c(OC)c1. The molecule has 0 bridgehead atoms. The summed E-state index contributed by atoms with van der Waals surface area (Å²) in [6.45, 7) is 0. The van der Waals surface area contributed by atoms with E-state index in [9.17, 15) is 4.79 Å². The fourth-order valence-corrected chi connectivity index (χ4v) is 3.70. The molecular formula is C21H25NO3. The Morgan fingerprint density at radius 1 is 0.960 bits per heavy atom. The maximum atomic E-state index is 13.3. The van der Waals surface area contributed by atoms with Crippen molar-refractivity contribution in [1.82, 2.24) is 0 Å². The molecule has 0 aliphatic heterocycles. The van der Waals surface area contributed by atoms with Crippen LogP contribution in [0.4, 0.5) is 5.69 Å². The molecule has 0 unspecified atom stereocenters. The highest BCUT2D eigenvalue weighted by Gasteiger charge is 2.41. The van der Waals surface area contributed by atoms with Gasteiger partial charge in [-0.1, -0.05) is 49.6 Å². The highest BCUT2D eigenvalue weighted by atomic mass is 16.5. The summed E-state index contributed by atoms with van der Waals surface area (Å²) in [5.41, 5.74) is 1.30. The molecule has 0 saturated heterocycles. The molecule has 0 atom stereocenters. The number of carbonyl (C=O) groups excluding carboxylic acids is 1. The molecule has 2 aromatic rings. The Bertz CT molecular complexity index is 721. The van der Waals surface area contributed by atoms with Gasteiger partial charge < -0.3 is 14.8 Å². The van der Waals surface area contributed by atoms with Gasteiger partial charge >= 0.3 is 0 Å². The van der Waals surface area contributed by atoms with Crippen LogP contribution in [0.3, 0.4) is 0 Å². The van der Waals surface area contributed by atoms with E-state index >= 15 is 0 Å². The molecular weight excluding hydrogens is 314 g/mol. The molecule has 0 radical (unpaired) electrons. The molecule has 1 amide bonds. The number of hydrogen-bond donors (Lipinski definition) is 1. The minimum absolute atomic E-state index is 0.0434. The van der Waals surface area contributed by atoms with E-state index in [0.29, 0.717) is 17.2 Å². The van der Waals surface area contributed by atoms with Crippen LogP contribution in [-0.4, -0.2) is 20.1 Å².